The third kappa shape index (κ3) is 4.20. The summed E-state index contributed by atoms with van der Waals surface area (Å²) in [5, 5.41) is 12.6. The van der Waals surface area contributed by atoms with E-state index in [4.69, 9.17) is 4.98 Å². The first-order valence-electron chi connectivity index (χ1n) is 11.5. The van der Waals surface area contributed by atoms with Crippen molar-refractivity contribution in [3.05, 3.63) is 65.4 Å². The molecule has 0 atom stereocenters. The quantitative estimate of drug-likeness (QED) is 0.327. The molecule has 6 aromatic rings. The first kappa shape index (κ1) is 21.6. The van der Waals surface area contributed by atoms with Crippen molar-refractivity contribution < 1.29 is 0 Å². The van der Waals surface area contributed by atoms with Gasteiger partial charge in [-0.1, -0.05) is 0 Å². The molecular weight excluding hydrogens is 456 g/mol. The summed E-state index contributed by atoms with van der Waals surface area (Å²) in [6, 6.07) is 8.41. The summed E-state index contributed by atoms with van der Waals surface area (Å²) in [7, 11) is 4.19. The Balaban J connectivity index is 1.38. The Morgan fingerprint density at radius 3 is 2.74 bits per heavy atom. The van der Waals surface area contributed by atoms with E-state index >= 15 is 0 Å². The van der Waals surface area contributed by atoms with Crippen LogP contribution >= 0.6 is 11.3 Å². The minimum absolute atomic E-state index is 0.644. The van der Waals surface area contributed by atoms with E-state index in [-0.39, 0.29) is 0 Å². The molecule has 0 bridgehead atoms. The predicted octanol–water partition coefficient (Wildman–Crippen LogP) is 5.18. The van der Waals surface area contributed by atoms with Gasteiger partial charge >= 0.3 is 0 Å². The second kappa shape index (κ2) is 9.01. The maximum Gasteiger partial charge on any atom is 0.181 e. The Morgan fingerprint density at radius 2 is 1.89 bits per heavy atom. The number of nitrogens with one attached hydrogen (secondary N) is 2. The molecule has 6 rings (SSSR count). The molecule has 0 saturated carbocycles. The lowest BCUT2D eigenvalue weighted by Gasteiger charge is -2.09. The van der Waals surface area contributed by atoms with E-state index < -0.39 is 0 Å². The average Bonchev–Trinajstić information content (AvgIpc) is 3.62. The first-order valence-corrected chi connectivity index (χ1v) is 12.4. The van der Waals surface area contributed by atoms with Gasteiger partial charge in [-0.05, 0) is 79.6 Å². The molecule has 35 heavy (non-hydrogen) atoms. The number of hydrogen-bond donors (Lipinski definition) is 2. The fraction of sp³-hybridized carbons (Fsp3) is 0.192. The second-order valence-corrected chi connectivity index (χ2v) is 9.62. The summed E-state index contributed by atoms with van der Waals surface area (Å²) in [5.41, 5.74) is 8.50. The van der Waals surface area contributed by atoms with E-state index in [0.29, 0.717) is 17.1 Å². The molecule has 0 amide bonds. The van der Waals surface area contributed by atoms with E-state index in [1.165, 1.54) is 5.56 Å². The Labute approximate surface area is 206 Å². The minimum Gasteiger partial charge on any atom is -0.335 e. The van der Waals surface area contributed by atoms with E-state index in [9.17, 15) is 0 Å². The van der Waals surface area contributed by atoms with E-state index in [1.807, 2.05) is 24.7 Å². The lowest BCUT2D eigenvalue weighted by Crippen LogP contribution is -2.13. The van der Waals surface area contributed by atoms with Gasteiger partial charge in [-0.25, -0.2) is 15.0 Å². The van der Waals surface area contributed by atoms with Crippen LogP contribution in [0.5, 0.6) is 0 Å². The summed E-state index contributed by atoms with van der Waals surface area (Å²) in [6.07, 6.45) is 9.56. The normalized spacial score (nSPS) is 11.7. The SMILES string of the molecule is CN(C)CCCc1cncc(-c2cnc3n[nH]c(-c4nc5nccc(-c6ccsc6)c5[nH]4)c3c2)c1. The van der Waals surface area contributed by atoms with Gasteiger partial charge < -0.3 is 9.88 Å². The highest BCUT2D eigenvalue weighted by molar-refractivity contribution is 7.08. The Bertz CT molecular complexity index is 1610. The molecule has 174 valence electrons. The molecule has 8 nitrogen and oxygen atoms in total. The van der Waals surface area contributed by atoms with E-state index in [0.717, 1.165) is 58.2 Å². The number of aromatic amines is 2. The van der Waals surface area contributed by atoms with Gasteiger partial charge in [-0.15, -0.1) is 0 Å². The van der Waals surface area contributed by atoms with E-state index in [1.54, 1.807) is 17.5 Å². The maximum atomic E-state index is 4.76. The molecule has 0 radical (unpaired) electrons. The van der Waals surface area contributed by atoms with Crippen LogP contribution in [-0.4, -0.2) is 60.7 Å². The van der Waals surface area contributed by atoms with Gasteiger partial charge in [0.25, 0.3) is 0 Å². The van der Waals surface area contributed by atoms with Gasteiger partial charge in [-0.2, -0.15) is 16.4 Å². The third-order valence-electron chi connectivity index (χ3n) is 6.07. The summed E-state index contributed by atoms with van der Waals surface area (Å²) < 4.78 is 0. The number of pyridine rings is 3. The first-order chi connectivity index (χ1) is 17.2. The molecule has 2 N–H and O–H groups in total. The highest BCUT2D eigenvalue weighted by Crippen LogP contribution is 2.32. The summed E-state index contributed by atoms with van der Waals surface area (Å²) in [5.74, 6) is 0.687. The molecule has 0 unspecified atom stereocenters. The van der Waals surface area contributed by atoms with Gasteiger partial charge in [0.05, 0.1) is 10.9 Å². The molecule has 0 aliphatic heterocycles. The molecule has 9 heteroatoms. The van der Waals surface area contributed by atoms with Crippen LogP contribution in [0, 0.1) is 0 Å². The van der Waals surface area contributed by atoms with Crippen LogP contribution in [-0.2, 0) is 6.42 Å². The van der Waals surface area contributed by atoms with Crippen LogP contribution in [0.15, 0.2) is 59.8 Å². The molecule has 0 aliphatic carbocycles. The highest BCUT2D eigenvalue weighted by atomic mass is 32.1. The molecule has 0 saturated heterocycles. The topological polar surface area (TPSA) is 99.3 Å². The van der Waals surface area contributed by atoms with Gasteiger partial charge in [0, 0.05) is 41.5 Å². The molecule has 0 aromatic carbocycles. The largest absolute Gasteiger partial charge is 0.335 e. The van der Waals surface area contributed by atoms with Crippen molar-refractivity contribution in [1.29, 1.82) is 0 Å². The number of imidazole rings is 1. The Hall–Kier alpha value is -3.95. The standard InChI is InChI=1S/C26H24N8S/c1-34(2)8-3-4-16-10-18(13-27-12-16)19-11-21-23(32-33-24(21)29-14-19)26-30-22-20(17-6-9-35-15-17)5-7-28-25(22)31-26/h5-7,9-15H,3-4,8H2,1-2H3,(H,28,30,31)(H,29,32,33). The minimum atomic E-state index is 0.644. The zero-order valence-electron chi connectivity index (χ0n) is 19.5. The van der Waals surface area contributed by atoms with Crippen LogP contribution in [0.1, 0.15) is 12.0 Å². The number of thiophene rings is 1. The number of nitrogens with zero attached hydrogens (tertiary/aromatic N) is 6. The highest BCUT2D eigenvalue weighted by Gasteiger charge is 2.16. The zero-order valence-corrected chi connectivity index (χ0v) is 20.3. The van der Waals surface area contributed by atoms with Crippen molar-refractivity contribution in [2.24, 2.45) is 0 Å². The van der Waals surface area contributed by atoms with Gasteiger partial charge in [-0.3, -0.25) is 10.1 Å². The molecular formula is C26H24N8S. The Morgan fingerprint density at radius 1 is 0.971 bits per heavy atom. The van der Waals surface area contributed by atoms with Crippen molar-refractivity contribution in [3.8, 4) is 33.8 Å². The van der Waals surface area contributed by atoms with Crippen LogP contribution in [0.2, 0.25) is 0 Å². The fourth-order valence-electron chi connectivity index (χ4n) is 4.31. The molecule has 0 spiro atoms. The summed E-state index contributed by atoms with van der Waals surface area (Å²) in [4.78, 5) is 24.0. The fourth-order valence-corrected chi connectivity index (χ4v) is 4.96. The summed E-state index contributed by atoms with van der Waals surface area (Å²) >= 11 is 1.67. The number of fused-ring (bicyclic) bond motifs is 2. The number of rotatable bonds is 7. The summed E-state index contributed by atoms with van der Waals surface area (Å²) in [6.45, 7) is 1.05. The Kier molecular flexibility index (Phi) is 5.55. The smallest absolute Gasteiger partial charge is 0.181 e. The molecule has 0 fully saturated rings. The van der Waals surface area contributed by atoms with Crippen LogP contribution in [0.3, 0.4) is 0 Å². The van der Waals surface area contributed by atoms with Crippen molar-refractivity contribution in [2.45, 2.75) is 12.8 Å². The molecule has 6 heterocycles. The van der Waals surface area contributed by atoms with Crippen LogP contribution in [0.25, 0.3) is 56.0 Å². The van der Waals surface area contributed by atoms with Crippen molar-refractivity contribution >= 4 is 33.5 Å². The number of hydrogen-bond acceptors (Lipinski definition) is 7. The number of aryl methyl sites for hydroxylation is 1. The molecule has 0 aliphatic rings. The lowest BCUT2D eigenvalue weighted by atomic mass is 10.0. The maximum absolute atomic E-state index is 4.76. The lowest BCUT2D eigenvalue weighted by molar-refractivity contribution is 0.400. The van der Waals surface area contributed by atoms with Gasteiger partial charge in [0.15, 0.2) is 17.1 Å². The van der Waals surface area contributed by atoms with Gasteiger partial charge in [0.1, 0.15) is 5.69 Å². The van der Waals surface area contributed by atoms with Gasteiger partial charge in [0.2, 0.25) is 0 Å². The van der Waals surface area contributed by atoms with Crippen molar-refractivity contribution in [1.82, 2.24) is 40.0 Å². The van der Waals surface area contributed by atoms with E-state index in [2.05, 4.69) is 78.1 Å². The monoisotopic (exact) mass is 480 g/mol. The third-order valence-corrected chi connectivity index (χ3v) is 6.75. The average molecular weight is 481 g/mol. The zero-order chi connectivity index (χ0) is 23.8. The van der Waals surface area contributed by atoms with Crippen molar-refractivity contribution in [2.75, 3.05) is 20.6 Å². The number of H-pyrrole nitrogens is 2. The van der Waals surface area contributed by atoms with Crippen LogP contribution in [0.4, 0.5) is 0 Å². The number of aromatic nitrogens is 7. The molecule has 6 aromatic heterocycles. The van der Waals surface area contributed by atoms with Crippen molar-refractivity contribution in [3.63, 3.8) is 0 Å². The van der Waals surface area contributed by atoms with Crippen LogP contribution < -0.4 is 0 Å². The second-order valence-electron chi connectivity index (χ2n) is 8.84. The predicted molar refractivity (Wildman–Crippen MR) is 140 cm³/mol.